The zero-order valence-corrected chi connectivity index (χ0v) is 16.5. The Morgan fingerprint density at radius 1 is 1.17 bits per heavy atom. The summed E-state index contributed by atoms with van der Waals surface area (Å²) in [5.74, 6) is 0.454. The van der Waals surface area contributed by atoms with Crippen molar-refractivity contribution < 1.29 is 9.53 Å². The van der Waals surface area contributed by atoms with Crippen LogP contribution in [0.15, 0.2) is 26.2 Å². The number of nitrogens with one attached hydrogen (secondary N) is 1. The molecule has 0 spiro atoms. The SMILES string of the molecule is Cc1cc(Br)cc(Br)c1OCC(=O)NN=C1CCCCCCC1. The van der Waals surface area contributed by atoms with Crippen molar-refractivity contribution in [1.29, 1.82) is 0 Å². The molecule has 0 aliphatic heterocycles. The molecule has 0 bridgehead atoms. The molecule has 0 atom stereocenters. The zero-order chi connectivity index (χ0) is 16.7. The van der Waals surface area contributed by atoms with Crippen molar-refractivity contribution in [2.24, 2.45) is 5.10 Å². The van der Waals surface area contributed by atoms with E-state index in [-0.39, 0.29) is 12.5 Å². The van der Waals surface area contributed by atoms with Gasteiger partial charge in [0.15, 0.2) is 6.61 Å². The summed E-state index contributed by atoms with van der Waals surface area (Å²) < 4.78 is 7.41. The Labute approximate surface area is 154 Å². The van der Waals surface area contributed by atoms with E-state index >= 15 is 0 Å². The van der Waals surface area contributed by atoms with Gasteiger partial charge in [0.05, 0.1) is 4.47 Å². The predicted octanol–water partition coefficient (Wildman–Crippen LogP) is 5.12. The summed E-state index contributed by atoms with van der Waals surface area (Å²) in [7, 11) is 0. The minimum absolute atomic E-state index is 0.0438. The topological polar surface area (TPSA) is 50.7 Å². The Hall–Kier alpha value is -0.880. The third-order valence-electron chi connectivity index (χ3n) is 3.81. The van der Waals surface area contributed by atoms with Crippen LogP contribution >= 0.6 is 31.9 Å². The Morgan fingerprint density at radius 3 is 2.48 bits per heavy atom. The van der Waals surface area contributed by atoms with Crippen molar-refractivity contribution >= 4 is 43.5 Å². The van der Waals surface area contributed by atoms with E-state index in [9.17, 15) is 4.79 Å². The fourth-order valence-electron chi connectivity index (χ4n) is 2.61. The standard InChI is InChI=1S/C17H22Br2N2O2/c1-12-9-13(18)10-15(19)17(12)23-11-16(22)21-20-14-7-5-3-2-4-6-8-14/h9-10H,2-8,11H2,1H3,(H,21,22). The number of amides is 1. The summed E-state index contributed by atoms with van der Waals surface area (Å²) in [5.41, 5.74) is 4.68. The van der Waals surface area contributed by atoms with Gasteiger partial charge in [0.2, 0.25) is 0 Å². The number of benzene rings is 1. The first-order chi connectivity index (χ1) is 11.1. The molecule has 1 aromatic carbocycles. The number of halogens is 2. The lowest BCUT2D eigenvalue weighted by Crippen LogP contribution is -2.26. The van der Waals surface area contributed by atoms with Gasteiger partial charge in [-0.25, -0.2) is 5.43 Å². The van der Waals surface area contributed by atoms with Gasteiger partial charge in [-0.3, -0.25) is 4.79 Å². The molecule has 0 unspecified atom stereocenters. The maximum absolute atomic E-state index is 11.9. The van der Waals surface area contributed by atoms with Crippen LogP contribution in [-0.4, -0.2) is 18.2 Å². The molecular weight excluding hydrogens is 424 g/mol. The summed E-state index contributed by atoms with van der Waals surface area (Å²) >= 11 is 6.88. The third kappa shape index (κ3) is 6.26. The van der Waals surface area contributed by atoms with Crippen LogP contribution in [0.25, 0.3) is 0 Å². The lowest BCUT2D eigenvalue weighted by atomic mass is 9.99. The summed E-state index contributed by atoms with van der Waals surface area (Å²) in [5, 5.41) is 4.27. The van der Waals surface area contributed by atoms with Gasteiger partial charge in [-0.2, -0.15) is 5.10 Å². The lowest BCUT2D eigenvalue weighted by molar-refractivity contribution is -0.123. The van der Waals surface area contributed by atoms with Gasteiger partial charge in [0, 0.05) is 10.2 Å². The second-order valence-electron chi connectivity index (χ2n) is 5.80. The molecular formula is C17H22Br2N2O2. The van der Waals surface area contributed by atoms with Gasteiger partial charge in [-0.1, -0.05) is 35.2 Å². The highest BCUT2D eigenvalue weighted by Crippen LogP contribution is 2.32. The molecule has 2 rings (SSSR count). The molecule has 1 N–H and O–H groups in total. The monoisotopic (exact) mass is 444 g/mol. The van der Waals surface area contributed by atoms with E-state index in [0.717, 1.165) is 45.9 Å². The predicted molar refractivity (Wildman–Crippen MR) is 100.0 cm³/mol. The Morgan fingerprint density at radius 2 is 1.83 bits per heavy atom. The van der Waals surface area contributed by atoms with Crippen molar-refractivity contribution in [1.82, 2.24) is 5.43 Å². The lowest BCUT2D eigenvalue weighted by Gasteiger charge is -2.12. The van der Waals surface area contributed by atoms with Gasteiger partial charge >= 0.3 is 0 Å². The zero-order valence-electron chi connectivity index (χ0n) is 13.3. The van der Waals surface area contributed by atoms with Gasteiger partial charge in [-0.15, -0.1) is 0 Å². The van der Waals surface area contributed by atoms with Crippen molar-refractivity contribution in [3.63, 3.8) is 0 Å². The molecule has 0 heterocycles. The summed E-state index contributed by atoms with van der Waals surface area (Å²) in [6.45, 7) is 1.90. The number of hydrazone groups is 1. The molecule has 0 radical (unpaired) electrons. The van der Waals surface area contributed by atoms with Crippen LogP contribution in [0.5, 0.6) is 5.75 Å². The van der Waals surface area contributed by atoms with Crippen LogP contribution in [0.4, 0.5) is 0 Å². The summed E-state index contributed by atoms with van der Waals surface area (Å²) in [4.78, 5) is 11.9. The maximum atomic E-state index is 11.9. The molecule has 23 heavy (non-hydrogen) atoms. The minimum Gasteiger partial charge on any atom is -0.482 e. The molecule has 1 saturated carbocycles. The molecule has 1 aliphatic carbocycles. The van der Waals surface area contributed by atoms with E-state index in [1.807, 2.05) is 19.1 Å². The third-order valence-corrected chi connectivity index (χ3v) is 4.86. The van der Waals surface area contributed by atoms with Crippen molar-refractivity contribution in [2.75, 3.05) is 6.61 Å². The van der Waals surface area contributed by atoms with Crippen LogP contribution in [0.2, 0.25) is 0 Å². The van der Waals surface area contributed by atoms with Gasteiger partial charge in [-0.05, 0) is 66.2 Å². The number of hydrogen-bond donors (Lipinski definition) is 1. The van der Waals surface area contributed by atoms with E-state index in [4.69, 9.17) is 4.74 Å². The van der Waals surface area contributed by atoms with E-state index in [0.29, 0.717) is 5.75 Å². The number of aryl methyl sites for hydroxylation is 1. The average Bonchev–Trinajstić information content (AvgIpc) is 2.44. The first-order valence-corrected chi connectivity index (χ1v) is 9.57. The van der Waals surface area contributed by atoms with E-state index in [1.165, 1.54) is 19.3 Å². The summed E-state index contributed by atoms with van der Waals surface area (Å²) in [6, 6.07) is 3.85. The van der Waals surface area contributed by atoms with Crippen molar-refractivity contribution in [2.45, 2.75) is 51.9 Å². The first kappa shape index (κ1) is 18.5. The molecule has 1 aliphatic rings. The van der Waals surface area contributed by atoms with Crippen LogP contribution in [0, 0.1) is 6.92 Å². The fraction of sp³-hybridized carbons (Fsp3) is 0.529. The van der Waals surface area contributed by atoms with Gasteiger partial charge in [0.1, 0.15) is 5.75 Å². The number of ether oxygens (including phenoxy) is 1. The number of hydrogen-bond acceptors (Lipinski definition) is 3. The fourth-order valence-corrected chi connectivity index (χ4v) is 4.16. The Kier molecular flexibility index (Phi) is 7.56. The van der Waals surface area contributed by atoms with Crippen molar-refractivity contribution in [3.8, 4) is 5.75 Å². The maximum Gasteiger partial charge on any atom is 0.277 e. The molecule has 1 amide bonds. The molecule has 1 aromatic rings. The first-order valence-electron chi connectivity index (χ1n) is 7.99. The largest absolute Gasteiger partial charge is 0.482 e. The minimum atomic E-state index is -0.228. The molecule has 0 saturated heterocycles. The highest BCUT2D eigenvalue weighted by Gasteiger charge is 2.10. The smallest absolute Gasteiger partial charge is 0.277 e. The van der Waals surface area contributed by atoms with Crippen LogP contribution in [0.3, 0.4) is 0 Å². The number of rotatable bonds is 4. The van der Waals surface area contributed by atoms with Crippen molar-refractivity contribution in [3.05, 3.63) is 26.6 Å². The van der Waals surface area contributed by atoms with Crippen LogP contribution in [-0.2, 0) is 4.79 Å². The molecule has 0 aromatic heterocycles. The second kappa shape index (κ2) is 9.42. The Balaban J connectivity index is 1.85. The Bertz CT molecular complexity index is 555. The normalized spacial score (nSPS) is 15.5. The highest BCUT2D eigenvalue weighted by atomic mass is 79.9. The average molecular weight is 446 g/mol. The van der Waals surface area contributed by atoms with Crippen LogP contribution < -0.4 is 10.2 Å². The van der Waals surface area contributed by atoms with Crippen LogP contribution in [0.1, 0.15) is 50.5 Å². The number of carbonyl (C=O) groups excluding carboxylic acids is 1. The molecule has 6 heteroatoms. The molecule has 4 nitrogen and oxygen atoms in total. The molecule has 126 valence electrons. The number of carbonyl (C=O) groups is 1. The van der Waals surface area contributed by atoms with Gasteiger partial charge < -0.3 is 4.74 Å². The van der Waals surface area contributed by atoms with E-state index in [1.54, 1.807) is 0 Å². The molecule has 1 fully saturated rings. The summed E-state index contributed by atoms with van der Waals surface area (Å²) in [6.07, 6.45) is 8.12. The highest BCUT2D eigenvalue weighted by molar-refractivity contribution is 9.11. The van der Waals surface area contributed by atoms with E-state index in [2.05, 4.69) is 42.4 Å². The number of nitrogens with zero attached hydrogens (tertiary/aromatic N) is 1. The van der Waals surface area contributed by atoms with E-state index < -0.39 is 0 Å². The second-order valence-corrected chi connectivity index (χ2v) is 7.57. The quantitative estimate of drug-likeness (QED) is 0.654. The van der Waals surface area contributed by atoms with Gasteiger partial charge in [0.25, 0.3) is 5.91 Å².